The zero-order chi connectivity index (χ0) is 17.4. The molecule has 0 radical (unpaired) electrons. The molecular weight excluding hydrogens is 320 g/mol. The van der Waals surface area contributed by atoms with Crippen LogP contribution < -0.4 is 0 Å². The first-order chi connectivity index (χ1) is 12.1. The summed E-state index contributed by atoms with van der Waals surface area (Å²) in [7, 11) is 0. The lowest BCUT2D eigenvalue weighted by Gasteiger charge is -2.38. The lowest BCUT2D eigenvalue weighted by Crippen LogP contribution is -2.45. The molecule has 1 atom stereocenters. The van der Waals surface area contributed by atoms with E-state index in [4.69, 9.17) is 9.15 Å². The van der Waals surface area contributed by atoms with Gasteiger partial charge in [0.1, 0.15) is 5.76 Å². The minimum Gasteiger partial charge on any atom is -0.469 e. The predicted molar refractivity (Wildman–Crippen MR) is 91.1 cm³/mol. The fraction of sp³-hybridized carbons (Fsp3) is 0.684. The van der Waals surface area contributed by atoms with Crippen LogP contribution in [0.2, 0.25) is 0 Å². The second-order valence-corrected chi connectivity index (χ2v) is 7.64. The SMILES string of the molecule is Cc1occc1C(=O)N1CC(C(=O)N2CCCC2)C2(CCOCC2)C1. The molecule has 1 spiro atoms. The molecule has 3 saturated heterocycles. The molecule has 0 bridgehead atoms. The van der Waals surface area contributed by atoms with Crippen molar-refractivity contribution < 1.29 is 18.7 Å². The van der Waals surface area contributed by atoms with E-state index in [1.165, 1.54) is 0 Å². The molecule has 136 valence electrons. The van der Waals surface area contributed by atoms with Gasteiger partial charge in [-0.25, -0.2) is 0 Å². The van der Waals surface area contributed by atoms with Crippen LogP contribution in [0.3, 0.4) is 0 Å². The molecule has 4 heterocycles. The second kappa shape index (κ2) is 6.48. The first-order valence-corrected chi connectivity index (χ1v) is 9.31. The molecular formula is C19H26N2O4. The Morgan fingerprint density at radius 3 is 2.52 bits per heavy atom. The Bertz CT molecular complexity index is 656. The fourth-order valence-corrected chi connectivity index (χ4v) is 4.68. The summed E-state index contributed by atoms with van der Waals surface area (Å²) in [6, 6.07) is 1.73. The number of likely N-dealkylation sites (tertiary alicyclic amines) is 2. The van der Waals surface area contributed by atoms with Crippen LogP contribution in [0.5, 0.6) is 0 Å². The molecule has 1 aromatic heterocycles. The highest BCUT2D eigenvalue weighted by atomic mass is 16.5. The first kappa shape index (κ1) is 16.6. The average Bonchev–Trinajstić information content (AvgIpc) is 3.35. The van der Waals surface area contributed by atoms with Gasteiger partial charge < -0.3 is 19.0 Å². The van der Waals surface area contributed by atoms with Crippen LogP contribution in [0, 0.1) is 18.3 Å². The van der Waals surface area contributed by atoms with Crippen molar-refractivity contribution in [3.05, 3.63) is 23.7 Å². The van der Waals surface area contributed by atoms with Crippen molar-refractivity contribution in [2.45, 2.75) is 32.6 Å². The molecule has 4 rings (SSSR count). The van der Waals surface area contributed by atoms with Crippen molar-refractivity contribution in [2.24, 2.45) is 11.3 Å². The Kier molecular flexibility index (Phi) is 4.31. The van der Waals surface area contributed by atoms with Crippen molar-refractivity contribution in [3.63, 3.8) is 0 Å². The predicted octanol–water partition coefficient (Wildman–Crippen LogP) is 2.08. The topological polar surface area (TPSA) is 63.0 Å². The van der Waals surface area contributed by atoms with Gasteiger partial charge in [0.05, 0.1) is 17.7 Å². The third kappa shape index (κ3) is 2.86. The van der Waals surface area contributed by atoms with Gasteiger partial charge in [0.15, 0.2) is 0 Å². The monoisotopic (exact) mass is 346 g/mol. The summed E-state index contributed by atoms with van der Waals surface area (Å²) < 4.78 is 10.8. The number of furan rings is 1. The van der Waals surface area contributed by atoms with Crippen molar-refractivity contribution in [1.82, 2.24) is 9.80 Å². The summed E-state index contributed by atoms with van der Waals surface area (Å²) in [5.41, 5.74) is 0.474. The number of amides is 2. The van der Waals surface area contributed by atoms with Crippen molar-refractivity contribution in [3.8, 4) is 0 Å². The molecule has 2 amide bonds. The molecule has 1 unspecified atom stereocenters. The second-order valence-electron chi connectivity index (χ2n) is 7.64. The normalized spacial score (nSPS) is 25.7. The lowest BCUT2D eigenvalue weighted by molar-refractivity contribution is -0.139. The van der Waals surface area contributed by atoms with Crippen LogP contribution in [-0.2, 0) is 9.53 Å². The third-order valence-electron chi connectivity index (χ3n) is 6.23. The molecule has 0 saturated carbocycles. The zero-order valence-corrected chi connectivity index (χ0v) is 14.8. The van der Waals surface area contributed by atoms with Crippen LogP contribution in [0.4, 0.5) is 0 Å². The van der Waals surface area contributed by atoms with E-state index in [0.29, 0.717) is 37.6 Å². The maximum atomic E-state index is 13.2. The minimum absolute atomic E-state index is 0.0196. The highest BCUT2D eigenvalue weighted by molar-refractivity contribution is 5.96. The van der Waals surface area contributed by atoms with Crippen molar-refractivity contribution in [2.75, 3.05) is 39.4 Å². The maximum Gasteiger partial charge on any atom is 0.257 e. The van der Waals surface area contributed by atoms with Gasteiger partial charge in [0.2, 0.25) is 5.91 Å². The Hall–Kier alpha value is -1.82. The highest BCUT2D eigenvalue weighted by Gasteiger charge is 2.53. The quantitative estimate of drug-likeness (QED) is 0.822. The summed E-state index contributed by atoms with van der Waals surface area (Å²) in [5, 5.41) is 0. The van der Waals surface area contributed by atoms with E-state index in [1.807, 2.05) is 9.80 Å². The van der Waals surface area contributed by atoms with Crippen LogP contribution in [0.1, 0.15) is 41.8 Å². The van der Waals surface area contributed by atoms with Crippen molar-refractivity contribution in [1.29, 1.82) is 0 Å². The van der Waals surface area contributed by atoms with Crippen LogP contribution in [0.15, 0.2) is 16.7 Å². The molecule has 3 fully saturated rings. The van der Waals surface area contributed by atoms with Crippen LogP contribution in [0.25, 0.3) is 0 Å². The molecule has 3 aliphatic rings. The zero-order valence-electron chi connectivity index (χ0n) is 14.8. The van der Waals surface area contributed by atoms with Gasteiger partial charge in [0, 0.05) is 44.8 Å². The number of carbonyl (C=O) groups excluding carboxylic acids is 2. The number of aryl methyl sites for hydroxylation is 1. The number of rotatable bonds is 2. The summed E-state index contributed by atoms with van der Waals surface area (Å²) >= 11 is 0. The van der Waals surface area contributed by atoms with Crippen LogP contribution >= 0.6 is 0 Å². The number of nitrogens with zero attached hydrogens (tertiary/aromatic N) is 2. The van der Waals surface area contributed by atoms with Gasteiger partial charge in [-0.1, -0.05) is 0 Å². The van der Waals surface area contributed by atoms with E-state index in [-0.39, 0.29) is 23.1 Å². The van der Waals surface area contributed by atoms with E-state index in [9.17, 15) is 9.59 Å². The van der Waals surface area contributed by atoms with Gasteiger partial charge in [-0.2, -0.15) is 0 Å². The molecule has 0 aliphatic carbocycles. The number of hydrogen-bond donors (Lipinski definition) is 0. The van der Waals surface area contributed by atoms with Gasteiger partial charge in [-0.15, -0.1) is 0 Å². The van der Waals surface area contributed by atoms with Gasteiger partial charge in [0.25, 0.3) is 5.91 Å². The molecule has 0 aromatic carbocycles. The van der Waals surface area contributed by atoms with Gasteiger partial charge in [-0.3, -0.25) is 9.59 Å². The highest BCUT2D eigenvalue weighted by Crippen LogP contribution is 2.45. The number of ether oxygens (including phenoxy) is 1. The minimum atomic E-state index is -0.134. The maximum absolute atomic E-state index is 13.2. The number of hydrogen-bond acceptors (Lipinski definition) is 4. The van der Waals surface area contributed by atoms with E-state index in [2.05, 4.69) is 0 Å². The Morgan fingerprint density at radius 1 is 1.16 bits per heavy atom. The number of carbonyl (C=O) groups is 2. The Morgan fingerprint density at radius 2 is 1.88 bits per heavy atom. The molecule has 0 N–H and O–H groups in total. The molecule has 3 aliphatic heterocycles. The van der Waals surface area contributed by atoms with E-state index in [0.717, 1.165) is 38.8 Å². The molecule has 6 nitrogen and oxygen atoms in total. The standard InChI is InChI=1S/C19H26N2O4/c1-14-15(4-9-25-14)17(22)21-12-16(18(23)20-7-2-3-8-20)19(13-21)5-10-24-11-6-19/h4,9,16H,2-3,5-8,10-13H2,1H3. The van der Waals surface area contributed by atoms with E-state index < -0.39 is 0 Å². The molecule has 6 heteroatoms. The molecule has 1 aromatic rings. The first-order valence-electron chi connectivity index (χ1n) is 9.31. The fourth-order valence-electron chi connectivity index (χ4n) is 4.68. The van der Waals surface area contributed by atoms with Gasteiger partial charge >= 0.3 is 0 Å². The summed E-state index contributed by atoms with van der Waals surface area (Å²) in [5.74, 6) is 0.749. The summed E-state index contributed by atoms with van der Waals surface area (Å²) in [4.78, 5) is 30.0. The van der Waals surface area contributed by atoms with Gasteiger partial charge in [-0.05, 0) is 38.7 Å². The largest absolute Gasteiger partial charge is 0.469 e. The summed E-state index contributed by atoms with van der Waals surface area (Å²) in [6.45, 7) is 6.03. The third-order valence-corrected chi connectivity index (χ3v) is 6.23. The lowest BCUT2D eigenvalue weighted by atomic mass is 9.71. The summed E-state index contributed by atoms with van der Waals surface area (Å²) in [6.07, 6.45) is 5.43. The van der Waals surface area contributed by atoms with E-state index >= 15 is 0 Å². The van der Waals surface area contributed by atoms with Crippen molar-refractivity contribution >= 4 is 11.8 Å². The smallest absolute Gasteiger partial charge is 0.257 e. The van der Waals surface area contributed by atoms with E-state index in [1.54, 1.807) is 19.3 Å². The average molecular weight is 346 g/mol. The van der Waals surface area contributed by atoms with Crippen LogP contribution in [-0.4, -0.2) is 61.0 Å². The Labute approximate surface area is 148 Å². The molecule has 25 heavy (non-hydrogen) atoms. The Balaban J connectivity index is 1.59.